The summed E-state index contributed by atoms with van der Waals surface area (Å²) in [6.07, 6.45) is 0. The van der Waals surface area contributed by atoms with E-state index < -0.39 is 9.84 Å². The molecule has 0 spiro atoms. The summed E-state index contributed by atoms with van der Waals surface area (Å²) in [5, 5.41) is 9.30. The van der Waals surface area contributed by atoms with Crippen LogP contribution in [-0.4, -0.2) is 13.4 Å². The first kappa shape index (κ1) is 13.7. The Morgan fingerprint density at radius 2 is 1.89 bits per heavy atom. The molecule has 6 heteroatoms. The molecular formula is C13H12N2O2S2. The first-order valence-corrected chi connectivity index (χ1v) is 8.05. The molecule has 0 bridgehead atoms. The van der Waals surface area contributed by atoms with Gasteiger partial charge in [-0.05, 0) is 26.0 Å². The highest BCUT2D eigenvalue weighted by Gasteiger charge is 2.18. The van der Waals surface area contributed by atoms with Crippen LogP contribution in [-0.2, 0) is 15.6 Å². The molecule has 0 aliphatic heterocycles. The molecule has 0 amide bonds. The third-order valence-corrected chi connectivity index (χ3v) is 5.52. The second-order valence-electron chi connectivity index (χ2n) is 4.21. The Balaban J connectivity index is 2.31. The van der Waals surface area contributed by atoms with Crippen LogP contribution in [0, 0.1) is 25.2 Å². The Kier molecular flexibility index (Phi) is 3.69. The molecule has 0 radical (unpaired) electrons. The van der Waals surface area contributed by atoms with Crippen molar-refractivity contribution in [2.24, 2.45) is 0 Å². The van der Waals surface area contributed by atoms with Crippen LogP contribution in [0.15, 0.2) is 29.2 Å². The Morgan fingerprint density at radius 3 is 2.42 bits per heavy atom. The van der Waals surface area contributed by atoms with E-state index in [1.807, 2.05) is 13.0 Å². The summed E-state index contributed by atoms with van der Waals surface area (Å²) < 4.78 is 24.4. The van der Waals surface area contributed by atoms with Crippen molar-refractivity contribution in [1.29, 1.82) is 5.26 Å². The van der Waals surface area contributed by atoms with Crippen molar-refractivity contribution in [1.82, 2.24) is 4.98 Å². The van der Waals surface area contributed by atoms with Crippen molar-refractivity contribution in [2.45, 2.75) is 24.5 Å². The first-order valence-electron chi connectivity index (χ1n) is 5.58. The number of hydrogen-bond acceptors (Lipinski definition) is 5. The molecule has 0 atom stereocenters. The summed E-state index contributed by atoms with van der Waals surface area (Å²) in [6.45, 7) is 3.61. The van der Waals surface area contributed by atoms with E-state index in [0.717, 1.165) is 16.9 Å². The van der Waals surface area contributed by atoms with Crippen LogP contribution in [0.4, 0.5) is 0 Å². The van der Waals surface area contributed by atoms with E-state index in [0.29, 0.717) is 15.6 Å². The van der Waals surface area contributed by atoms with Gasteiger partial charge >= 0.3 is 0 Å². The van der Waals surface area contributed by atoms with Crippen LogP contribution in [0.3, 0.4) is 0 Å². The van der Waals surface area contributed by atoms with Crippen LogP contribution in [0.1, 0.15) is 21.1 Å². The van der Waals surface area contributed by atoms with Gasteiger partial charge < -0.3 is 0 Å². The second kappa shape index (κ2) is 5.11. The van der Waals surface area contributed by atoms with Gasteiger partial charge in [0.1, 0.15) is 21.7 Å². The number of hydrogen-bond donors (Lipinski definition) is 0. The summed E-state index contributed by atoms with van der Waals surface area (Å²) in [4.78, 5) is 4.88. The van der Waals surface area contributed by atoms with E-state index in [9.17, 15) is 8.42 Å². The lowest BCUT2D eigenvalue weighted by Crippen LogP contribution is -2.04. The number of nitrogens with zero attached hydrogens (tertiary/aromatic N) is 2. The normalized spacial score (nSPS) is 11.2. The summed E-state index contributed by atoms with van der Waals surface area (Å²) in [7, 11) is -3.40. The molecule has 0 aliphatic carbocycles. The highest BCUT2D eigenvalue weighted by molar-refractivity contribution is 7.90. The molecule has 0 saturated heterocycles. The molecule has 2 rings (SSSR count). The van der Waals surface area contributed by atoms with Gasteiger partial charge in [0.2, 0.25) is 0 Å². The van der Waals surface area contributed by atoms with E-state index in [1.54, 1.807) is 31.2 Å². The molecule has 19 heavy (non-hydrogen) atoms. The summed E-state index contributed by atoms with van der Waals surface area (Å²) >= 11 is 1.13. The number of aromatic nitrogens is 1. The van der Waals surface area contributed by atoms with Crippen molar-refractivity contribution in [2.75, 3.05) is 0 Å². The Hall–Kier alpha value is -1.71. The number of sulfone groups is 1. The third kappa shape index (κ3) is 3.00. The number of benzene rings is 1. The Labute approximate surface area is 116 Å². The average Bonchev–Trinajstić information content (AvgIpc) is 2.69. The molecule has 0 fully saturated rings. The average molecular weight is 292 g/mol. The minimum atomic E-state index is -3.40. The maximum absolute atomic E-state index is 12.2. The van der Waals surface area contributed by atoms with Crippen molar-refractivity contribution in [3.05, 3.63) is 45.4 Å². The van der Waals surface area contributed by atoms with E-state index in [2.05, 4.69) is 4.98 Å². The minimum absolute atomic E-state index is 0.163. The predicted molar refractivity (Wildman–Crippen MR) is 73.6 cm³/mol. The number of rotatable bonds is 3. The summed E-state index contributed by atoms with van der Waals surface area (Å²) in [5.41, 5.74) is 1.59. The van der Waals surface area contributed by atoms with E-state index in [-0.39, 0.29) is 10.6 Å². The second-order valence-corrected chi connectivity index (χ2v) is 7.28. The first-order chi connectivity index (χ1) is 8.92. The number of nitriles is 1. The van der Waals surface area contributed by atoms with Gasteiger partial charge in [0.25, 0.3) is 0 Å². The van der Waals surface area contributed by atoms with Gasteiger partial charge in [-0.25, -0.2) is 13.4 Å². The van der Waals surface area contributed by atoms with Gasteiger partial charge in [-0.1, -0.05) is 17.7 Å². The lowest BCUT2D eigenvalue weighted by molar-refractivity contribution is 0.595. The zero-order chi connectivity index (χ0) is 14.0. The Bertz CT molecular complexity index is 738. The van der Waals surface area contributed by atoms with Crippen LogP contribution < -0.4 is 0 Å². The molecule has 1 aromatic carbocycles. The predicted octanol–water partition coefficient (Wildman–Crippen LogP) is 2.61. The van der Waals surface area contributed by atoms with Crippen LogP contribution in [0.5, 0.6) is 0 Å². The molecule has 0 saturated carbocycles. The molecule has 2 aromatic rings. The highest BCUT2D eigenvalue weighted by atomic mass is 32.2. The van der Waals surface area contributed by atoms with E-state index in [1.165, 1.54) is 0 Å². The van der Waals surface area contributed by atoms with Gasteiger partial charge in [-0.15, -0.1) is 11.3 Å². The van der Waals surface area contributed by atoms with Gasteiger partial charge in [-0.3, -0.25) is 0 Å². The fourth-order valence-corrected chi connectivity index (χ4v) is 4.07. The molecule has 1 heterocycles. The van der Waals surface area contributed by atoms with E-state index >= 15 is 0 Å². The molecule has 0 N–H and O–H groups in total. The lowest BCUT2D eigenvalue weighted by atomic mass is 10.2. The largest absolute Gasteiger partial charge is 0.244 e. The lowest BCUT2D eigenvalue weighted by Gasteiger charge is -2.02. The van der Waals surface area contributed by atoms with E-state index in [4.69, 9.17) is 5.26 Å². The third-order valence-electron chi connectivity index (χ3n) is 2.64. The Morgan fingerprint density at radius 1 is 1.26 bits per heavy atom. The van der Waals surface area contributed by atoms with Crippen molar-refractivity contribution in [3.63, 3.8) is 0 Å². The summed E-state index contributed by atoms with van der Waals surface area (Å²) in [6, 6.07) is 8.73. The monoisotopic (exact) mass is 292 g/mol. The maximum Gasteiger partial charge on any atom is 0.184 e. The zero-order valence-corrected chi connectivity index (χ0v) is 12.2. The standard InChI is InChI=1S/C13H12N2O2S2/c1-9-3-5-11(6-4-9)19(16,17)8-13-15-10(2)12(7-14)18-13/h3-6H,8H2,1-2H3. The number of aryl methyl sites for hydroxylation is 2. The summed E-state index contributed by atoms with van der Waals surface area (Å²) in [5.74, 6) is -0.163. The smallest absolute Gasteiger partial charge is 0.184 e. The number of thiazole rings is 1. The molecule has 0 aliphatic rings. The fraction of sp³-hybridized carbons (Fsp3) is 0.231. The van der Waals surface area contributed by atoms with Crippen LogP contribution >= 0.6 is 11.3 Å². The van der Waals surface area contributed by atoms with Crippen LogP contribution in [0.25, 0.3) is 0 Å². The van der Waals surface area contributed by atoms with Gasteiger partial charge in [0.15, 0.2) is 9.84 Å². The van der Waals surface area contributed by atoms with Gasteiger partial charge in [0, 0.05) is 0 Å². The zero-order valence-electron chi connectivity index (χ0n) is 10.5. The molecule has 0 unspecified atom stereocenters. The minimum Gasteiger partial charge on any atom is -0.244 e. The molecular weight excluding hydrogens is 280 g/mol. The van der Waals surface area contributed by atoms with Gasteiger partial charge in [-0.2, -0.15) is 5.26 Å². The quantitative estimate of drug-likeness (QED) is 0.871. The van der Waals surface area contributed by atoms with Gasteiger partial charge in [0.05, 0.1) is 10.6 Å². The molecule has 4 nitrogen and oxygen atoms in total. The van der Waals surface area contributed by atoms with Crippen molar-refractivity contribution < 1.29 is 8.42 Å². The fourth-order valence-electron chi connectivity index (χ4n) is 1.61. The maximum atomic E-state index is 12.2. The molecule has 1 aromatic heterocycles. The molecule has 98 valence electrons. The van der Waals surface area contributed by atoms with Crippen molar-refractivity contribution >= 4 is 21.2 Å². The highest BCUT2D eigenvalue weighted by Crippen LogP contribution is 2.22. The SMILES string of the molecule is Cc1ccc(S(=O)(=O)Cc2nc(C)c(C#N)s2)cc1. The topological polar surface area (TPSA) is 70.8 Å². The van der Waals surface area contributed by atoms with Crippen LogP contribution in [0.2, 0.25) is 0 Å². The van der Waals surface area contributed by atoms with Crippen molar-refractivity contribution in [3.8, 4) is 6.07 Å².